The lowest BCUT2D eigenvalue weighted by Gasteiger charge is -2.31. The van der Waals surface area contributed by atoms with Gasteiger partial charge in [0, 0.05) is 31.6 Å². The highest BCUT2D eigenvalue weighted by Crippen LogP contribution is 2.32. The molecule has 2 aromatic carbocycles. The number of fused-ring (bicyclic) bond motifs is 1. The maximum Gasteiger partial charge on any atom is 0.255 e. The van der Waals surface area contributed by atoms with Gasteiger partial charge in [-0.1, -0.05) is 18.2 Å². The van der Waals surface area contributed by atoms with Crippen molar-refractivity contribution in [2.75, 3.05) is 25.0 Å². The number of nitriles is 1. The van der Waals surface area contributed by atoms with Crippen LogP contribution in [-0.2, 0) is 0 Å². The summed E-state index contributed by atoms with van der Waals surface area (Å²) >= 11 is 0. The van der Waals surface area contributed by atoms with Gasteiger partial charge in [-0.25, -0.2) is 4.52 Å². The Morgan fingerprint density at radius 3 is 2.50 bits per heavy atom. The van der Waals surface area contributed by atoms with E-state index in [1.165, 1.54) is 6.20 Å². The average molecular weight is 482 g/mol. The van der Waals surface area contributed by atoms with Gasteiger partial charge < -0.3 is 20.1 Å². The van der Waals surface area contributed by atoms with Crippen LogP contribution in [0.1, 0.15) is 34.3 Å². The number of carbonyl (C=O) groups excluding carboxylic acids is 1. The van der Waals surface area contributed by atoms with Crippen molar-refractivity contribution in [1.29, 1.82) is 5.26 Å². The van der Waals surface area contributed by atoms with Gasteiger partial charge in [-0.2, -0.15) is 10.4 Å². The molecular weight excluding hydrogens is 454 g/mol. The van der Waals surface area contributed by atoms with E-state index in [0.717, 1.165) is 29.8 Å². The van der Waals surface area contributed by atoms with E-state index in [0.29, 0.717) is 41.2 Å². The summed E-state index contributed by atoms with van der Waals surface area (Å²) in [7, 11) is 0. The Bertz CT molecular complexity index is 1420. The Morgan fingerprint density at radius 1 is 1.14 bits per heavy atom. The molecule has 3 heterocycles. The third-order valence-corrected chi connectivity index (χ3v) is 6.67. The molecule has 0 aliphatic carbocycles. The summed E-state index contributed by atoms with van der Waals surface area (Å²) in [6, 6.07) is 19.2. The van der Waals surface area contributed by atoms with Crippen LogP contribution in [0.25, 0.3) is 5.52 Å². The van der Waals surface area contributed by atoms with Crippen molar-refractivity contribution in [3.8, 4) is 17.6 Å². The van der Waals surface area contributed by atoms with E-state index in [1.54, 1.807) is 10.7 Å². The highest BCUT2D eigenvalue weighted by Gasteiger charge is 2.27. The molecule has 1 fully saturated rings. The zero-order chi connectivity index (χ0) is 25.1. The molecule has 0 unspecified atom stereocenters. The lowest BCUT2D eigenvalue weighted by molar-refractivity contribution is 0.0650. The summed E-state index contributed by atoms with van der Waals surface area (Å²) in [4.78, 5) is 15.2. The number of benzene rings is 2. The Hall–Kier alpha value is -4.35. The van der Waals surface area contributed by atoms with Gasteiger partial charge in [-0.05, 0) is 67.6 Å². The smallest absolute Gasteiger partial charge is 0.255 e. The second-order valence-electron chi connectivity index (χ2n) is 8.99. The molecule has 0 atom stereocenters. The molecule has 36 heavy (non-hydrogen) atoms. The zero-order valence-corrected chi connectivity index (χ0v) is 20.0. The first-order chi connectivity index (χ1) is 17.6. The monoisotopic (exact) mass is 481 g/mol. The first-order valence-corrected chi connectivity index (χ1v) is 12.0. The Morgan fingerprint density at radius 2 is 1.83 bits per heavy atom. The number of nitrogens with zero attached hydrogens (tertiary/aromatic N) is 4. The van der Waals surface area contributed by atoms with Crippen LogP contribution in [0.15, 0.2) is 67.0 Å². The van der Waals surface area contributed by atoms with E-state index in [9.17, 15) is 15.2 Å². The highest BCUT2D eigenvalue weighted by atomic mass is 16.5. The van der Waals surface area contributed by atoms with Crippen LogP contribution in [0.5, 0.6) is 11.5 Å². The molecule has 8 nitrogen and oxygen atoms in total. The third kappa shape index (κ3) is 4.61. The Kier molecular flexibility index (Phi) is 6.56. The number of rotatable bonds is 6. The number of ether oxygens (including phenoxy) is 1. The van der Waals surface area contributed by atoms with Gasteiger partial charge in [0.05, 0.1) is 28.5 Å². The number of nitrogens with one attached hydrogen (secondary N) is 1. The van der Waals surface area contributed by atoms with E-state index in [2.05, 4.69) is 16.5 Å². The molecule has 182 valence electrons. The van der Waals surface area contributed by atoms with Crippen molar-refractivity contribution >= 4 is 22.8 Å². The van der Waals surface area contributed by atoms with Crippen LogP contribution in [-0.4, -0.2) is 45.2 Å². The molecule has 5 rings (SSSR count). The number of carbonyl (C=O) groups is 1. The van der Waals surface area contributed by atoms with Crippen molar-refractivity contribution in [2.45, 2.75) is 19.8 Å². The van der Waals surface area contributed by atoms with Crippen molar-refractivity contribution in [2.24, 2.45) is 5.92 Å². The molecule has 4 aromatic rings. The molecule has 1 aliphatic rings. The number of aryl methyl sites for hydroxylation is 1. The topological polar surface area (TPSA) is 103 Å². The largest absolute Gasteiger partial charge is 0.457 e. The van der Waals surface area contributed by atoms with E-state index < -0.39 is 0 Å². The molecule has 1 aliphatic heterocycles. The van der Waals surface area contributed by atoms with E-state index >= 15 is 0 Å². The highest BCUT2D eigenvalue weighted by molar-refractivity contribution is 6.00. The van der Waals surface area contributed by atoms with Gasteiger partial charge in [0.25, 0.3) is 5.91 Å². The lowest BCUT2D eigenvalue weighted by atomic mass is 9.97. The lowest BCUT2D eigenvalue weighted by Crippen LogP contribution is -2.39. The maximum absolute atomic E-state index is 13.3. The number of para-hydroxylation sites is 1. The number of anilines is 2. The number of likely N-dealkylation sites (tertiary alicyclic amines) is 1. The second-order valence-corrected chi connectivity index (χ2v) is 8.99. The first kappa shape index (κ1) is 23.4. The van der Waals surface area contributed by atoms with Crippen LogP contribution in [0, 0.1) is 24.2 Å². The first-order valence-electron chi connectivity index (χ1n) is 12.0. The molecule has 0 saturated carbocycles. The number of aliphatic hydroxyl groups excluding tert-OH is 1. The normalized spacial score (nSPS) is 14.0. The molecule has 1 amide bonds. The number of hydrogen-bond donors (Lipinski definition) is 2. The third-order valence-electron chi connectivity index (χ3n) is 6.67. The van der Waals surface area contributed by atoms with Gasteiger partial charge in [0.15, 0.2) is 0 Å². The number of piperidine rings is 1. The minimum absolute atomic E-state index is 0.0544. The summed E-state index contributed by atoms with van der Waals surface area (Å²) < 4.78 is 7.52. The van der Waals surface area contributed by atoms with Gasteiger partial charge in [0.1, 0.15) is 17.6 Å². The van der Waals surface area contributed by atoms with Gasteiger partial charge in [0.2, 0.25) is 0 Å². The molecule has 1 saturated heterocycles. The fourth-order valence-electron chi connectivity index (χ4n) is 4.58. The molecule has 2 N–H and O–H groups in total. The van der Waals surface area contributed by atoms with Crippen LogP contribution < -0.4 is 10.1 Å². The van der Waals surface area contributed by atoms with Crippen molar-refractivity contribution in [3.63, 3.8) is 0 Å². The van der Waals surface area contributed by atoms with Gasteiger partial charge in [-0.15, -0.1) is 0 Å². The summed E-state index contributed by atoms with van der Waals surface area (Å²) in [6.07, 6.45) is 4.82. The molecule has 0 spiro atoms. The van der Waals surface area contributed by atoms with Gasteiger partial charge >= 0.3 is 0 Å². The predicted molar refractivity (Wildman–Crippen MR) is 137 cm³/mol. The predicted octanol–water partition coefficient (Wildman–Crippen LogP) is 4.89. The molecule has 2 aromatic heterocycles. The number of amides is 1. The molecule has 0 bridgehead atoms. The van der Waals surface area contributed by atoms with Crippen LogP contribution >= 0.6 is 0 Å². The van der Waals surface area contributed by atoms with Crippen LogP contribution in [0.4, 0.5) is 11.4 Å². The maximum atomic E-state index is 13.3. The minimum atomic E-state index is -0.0544. The molecule has 0 radical (unpaired) electrons. The van der Waals surface area contributed by atoms with E-state index in [-0.39, 0.29) is 18.4 Å². The quantitative estimate of drug-likeness (QED) is 0.406. The van der Waals surface area contributed by atoms with E-state index in [1.807, 2.05) is 66.4 Å². The summed E-state index contributed by atoms with van der Waals surface area (Å²) in [6.45, 7) is 3.28. The zero-order valence-electron chi connectivity index (χ0n) is 20.0. The molecular formula is C28H27N5O3. The second kappa shape index (κ2) is 10.1. The van der Waals surface area contributed by atoms with E-state index in [4.69, 9.17) is 4.74 Å². The fourth-order valence-corrected chi connectivity index (χ4v) is 4.58. The minimum Gasteiger partial charge on any atom is -0.457 e. The van der Waals surface area contributed by atoms with Gasteiger partial charge in [-0.3, -0.25) is 4.79 Å². The van der Waals surface area contributed by atoms with Crippen LogP contribution in [0.2, 0.25) is 0 Å². The Labute approximate surface area is 209 Å². The molecule has 8 heteroatoms. The van der Waals surface area contributed by atoms with Crippen molar-refractivity contribution in [1.82, 2.24) is 14.5 Å². The SMILES string of the molecule is Cc1c(C(=O)N2CCC(CO)CC2)cn2ncc(C#N)c(Nc3ccc(Oc4ccccc4)cc3)c12. The number of aromatic nitrogens is 2. The fraction of sp³-hybridized carbons (Fsp3) is 0.250. The summed E-state index contributed by atoms with van der Waals surface area (Å²) in [5.74, 6) is 1.65. The number of aliphatic hydroxyl groups is 1. The standard InChI is InChI=1S/C28H27N5O3/c1-19-25(28(35)32-13-11-20(18-34)12-14-32)17-33-27(19)26(21(15-29)16-30-33)31-22-7-9-24(10-8-22)36-23-5-3-2-4-6-23/h2-10,16-17,20,31,34H,11-14,18H2,1H3. The summed E-state index contributed by atoms with van der Waals surface area (Å²) in [5, 5.41) is 26.9. The number of hydrogen-bond acceptors (Lipinski definition) is 6. The summed E-state index contributed by atoms with van der Waals surface area (Å²) in [5.41, 5.74) is 3.78. The van der Waals surface area contributed by atoms with Crippen molar-refractivity contribution in [3.05, 3.63) is 83.7 Å². The van der Waals surface area contributed by atoms with Crippen molar-refractivity contribution < 1.29 is 14.6 Å². The Balaban J connectivity index is 1.42. The average Bonchev–Trinajstić information content (AvgIpc) is 3.26. The van der Waals surface area contributed by atoms with Crippen LogP contribution in [0.3, 0.4) is 0 Å².